The fourth-order valence-electron chi connectivity index (χ4n) is 2.15. The standard InChI is InChI=1S/C20H27N3O2.HI/c1-17-8-10-18(11-9-17)16-22-20(21-12-13-25-15-14-24-2)23-19-6-4-3-5-7-19;/h3-11H,12-16H2,1-2H3,(H2,21,22,23);1H. The van der Waals surface area contributed by atoms with E-state index in [1.807, 2.05) is 30.3 Å². The van der Waals surface area contributed by atoms with E-state index in [9.17, 15) is 0 Å². The fraction of sp³-hybridized carbons (Fsp3) is 0.350. The zero-order valence-corrected chi connectivity index (χ0v) is 17.7. The number of rotatable bonds is 9. The van der Waals surface area contributed by atoms with E-state index in [1.54, 1.807) is 7.11 Å². The van der Waals surface area contributed by atoms with E-state index < -0.39 is 0 Å². The Kier molecular flexibility index (Phi) is 11.7. The highest BCUT2D eigenvalue weighted by Crippen LogP contribution is 2.07. The van der Waals surface area contributed by atoms with Gasteiger partial charge in [-0.25, -0.2) is 4.99 Å². The molecule has 2 rings (SSSR count). The lowest BCUT2D eigenvalue weighted by Gasteiger charge is -2.13. The Bertz CT molecular complexity index is 633. The molecule has 0 saturated heterocycles. The number of hydrogen-bond acceptors (Lipinski definition) is 3. The zero-order valence-electron chi connectivity index (χ0n) is 15.4. The molecule has 0 aliphatic rings. The summed E-state index contributed by atoms with van der Waals surface area (Å²) in [6, 6.07) is 18.4. The molecule has 0 aliphatic carbocycles. The van der Waals surface area contributed by atoms with Crippen LogP contribution in [0.25, 0.3) is 0 Å². The summed E-state index contributed by atoms with van der Waals surface area (Å²) >= 11 is 0. The summed E-state index contributed by atoms with van der Waals surface area (Å²) in [4.78, 5) is 4.67. The molecule has 2 aromatic rings. The predicted molar refractivity (Wildman–Crippen MR) is 118 cm³/mol. The van der Waals surface area contributed by atoms with E-state index in [0.717, 1.165) is 11.6 Å². The molecular formula is C20H28IN3O2. The Morgan fingerprint density at radius 2 is 1.69 bits per heavy atom. The first-order valence-corrected chi connectivity index (χ1v) is 8.50. The number of para-hydroxylation sites is 1. The van der Waals surface area contributed by atoms with E-state index in [-0.39, 0.29) is 24.0 Å². The third-order valence-corrected chi connectivity index (χ3v) is 3.55. The monoisotopic (exact) mass is 469 g/mol. The molecule has 0 atom stereocenters. The lowest BCUT2D eigenvalue weighted by Crippen LogP contribution is -2.33. The maximum absolute atomic E-state index is 5.48. The summed E-state index contributed by atoms with van der Waals surface area (Å²) in [5.74, 6) is 0.738. The summed E-state index contributed by atoms with van der Waals surface area (Å²) in [6.07, 6.45) is 0. The van der Waals surface area contributed by atoms with Gasteiger partial charge in [0.25, 0.3) is 0 Å². The highest BCUT2D eigenvalue weighted by Gasteiger charge is 2.00. The molecule has 26 heavy (non-hydrogen) atoms. The van der Waals surface area contributed by atoms with Crippen LogP contribution in [0.4, 0.5) is 5.69 Å². The molecule has 142 valence electrons. The molecule has 0 heterocycles. The van der Waals surface area contributed by atoms with Gasteiger partial charge in [0.05, 0.1) is 26.4 Å². The van der Waals surface area contributed by atoms with Gasteiger partial charge >= 0.3 is 0 Å². The van der Waals surface area contributed by atoms with Gasteiger partial charge in [0.2, 0.25) is 0 Å². The number of anilines is 1. The van der Waals surface area contributed by atoms with Crippen molar-refractivity contribution in [3.05, 3.63) is 65.7 Å². The summed E-state index contributed by atoms with van der Waals surface area (Å²) in [5.41, 5.74) is 3.43. The minimum Gasteiger partial charge on any atom is -0.382 e. The first-order valence-electron chi connectivity index (χ1n) is 8.50. The van der Waals surface area contributed by atoms with E-state index in [0.29, 0.717) is 32.9 Å². The number of aryl methyl sites for hydroxylation is 1. The number of nitrogens with zero attached hydrogens (tertiary/aromatic N) is 1. The van der Waals surface area contributed by atoms with Crippen LogP contribution in [0.15, 0.2) is 59.6 Å². The van der Waals surface area contributed by atoms with Gasteiger partial charge in [-0.1, -0.05) is 48.0 Å². The van der Waals surface area contributed by atoms with Gasteiger partial charge in [-0.2, -0.15) is 0 Å². The molecule has 0 unspecified atom stereocenters. The molecule has 0 aromatic heterocycles. The second-order valence-electron chi connectivity index (χ2n) is 5.67. The molecule has 0 aliphatic heterocycles. The minimum atomic E-state index is 0. The van der Waals surface area contributed by atoms with Crippen LogP contribution in [-0.4, -0.2) is 39.4 Å². The first kappa shape index (κ1) is 22.4. The molecule has 0 radical (unpaired) electrons. The lowest BCUT2D eigenvalue weighted by atomic mass is 10.1. The van der Waals surface area contributed by atoms with Gasteiger partial charge in [0, 0.05) is 19.3 Å². The number of methoxy groups -OCH3 is 1. The molecule has 0 spiro atoms. The Morgan fingerprint density at radius 1 is 0.962 bits per heavy atom. The number of ether oxygens (including phenoxy) is 2. The molecule has 0 saturated carbocycles. The minimum absolute atomic E-state index is 0. The summed E-state index contributed by atoms with van der Waals surface area (Å²) in [6.45, 7) is 5.18. The van der Waals surface area contributed by atoms with Crippen LogP contribution in [0.2, 0.25) is 0 Å². The van der Waals surface area contributed by atoms with Crippen LogP contribution in [-0.2, 0) is 16.0 Å². The third-order valence-electron chi connectivity index (χ3n) is 3.55. The van der Waals surface area contributed by atoms with Gasteiger partial charge < -0.3 is 20.1 Å². The van der Waals surface area contributed by atoms with Crippen molar-refractivity contribution in [2.24, 2.45) is 4.99 Å². The zero-order chi connectivity index (χ0) is 17.7. The Morgan fingerprint density at radius 3 is 2.38 bits per heavy atom. The molecule has 2 N–H and O–H groups in total. The third kappa shape index (κ3) is 9.17. The second kappa shape index (κ2) is 13.5. The van der Waals surface area contributed by atoms with E-state index >= 15 is 0 Å². The molecule has 0 amide bonds. The Labute approximate surface area is 173 Å². The van der Waals surface area contributed by atoms with Crippen molar-refractivity contribution < 1.29 is 9.47 Å². The summed E-state index contributed by atoms with van der Waals surface area (Å²) in [5, 5.41) is 6.62. The largest absolute Gasteiger partial charge is 0.382 e. The van der Waals surface area contributed by atoms with Crippen LogP contribution in [0.5, 0.6) is 0 Å². The molecule has 0 bridgehead atoms. The average molecular weight is 469 g/mol. The summed E-state index contributed by atoms with van der Waals surface area (Å²) in [7, 11) is 1.67. The highest BCUT2D eigenvalue weighted by molar-refractivity contribution is 14.0. The van der Waals surface area contributed by atoms with Crippen LogP contribution in [0.1, 0.15) is 11.1 Å². The number of halogens is 1. The number of benzene rings is 2. The second-order valence-corrected chi connectivity index (χ2v) is 5.67. The molecule has 2 aromatic carbocycles. The van der Waals surface area contributed by atoms with Crippen LogP contribution in [0, 0.1) is 6.92 Å². The topological polar surface area (TPSA) is 54.9 Å². The predicted octanol–water partition coefficient (Wildman–Crippen LogP) is 3.83. The van der Waals surface area contributed by atoms with Crippen molar-refractivity contribution in [1.29, 1.82) is 0 Å². The van der Waals surface area contributed by atoms with E-state index in [1.165, 1.54) is 11.1 Å². The smallest absolute Gasteiger partial charge is 0.196 e. The van der Waals surface area contributed by atoms with Crippen LogP contribution >= 0.6 is 24.0 Å². The van der Waals surface area contributed by atoms with Crippen molar-refractivity contribution in [1.82, 2.24) is 5.32 Å². The van der Waals surface area contributed by atoms with Crippen molar-refractivity contribution in [2.45, 2.75) is 13.5 Å². The molecular weight excluding hydrogens is 441 g/mol. The Balaban J connectivity index is 0.00000338. The number of nitrogens with one attached hydrogen (secondary N) is 2. The van der Waals surface area contributed by atoms with E-state index in [2.05, 4.69) is 46.8 Å². The van der Waals surface area contributed by atoms with Gasteiger partial charge in [-0.3, -0.25) is 0 Å². The normalized spacial score (nSPS) is 10.9. The lowest BCUT2D eigenvalue weighted by molar-refractivity contribution is 0.0734. The van der Waals surface area contributed by atoms with Crippen LogP contribution < -0.4 is 10.6 Å². The van der Waals surface area contributed by atoms with Gasteiger partial charge in [-0.05, 0) is 24.6 Å². The SMILES string of the molecule is COCCOCCNC(=NCc1ccc(C)cc1)Nc1ccccc1.I. The van der Waals surface area contributed by atoms with Crippen LogP contribution in [0.3, 0.4) is 0 Å². The maximum Gasteiger partial charge on any atom is 0.196 e. The number of guanidine groups is 1. The van der Waals surface area contributed by atoms with Gasteiger partial charge in [-0.15, -0.1) is 24.0 Å². The average Bonchev–Trinajstić information content (AvgIpc) is 2.64. The van der Waals surface area contributed by atoms with Gasteiger partial charge in [0.1, 0.15) is 0 Å². The van der Waals surface area contributed by atoms with Crippen molar-refractivity contribution in [3.8, 4) is 0 Å². The quantitative estimate of drug-likeness (QED) is 0.254. The fourth-order valence-corrected chi connectivity index (χ4v) is 2.15. The van der Waals surface area contributed by atoms with Crippen molar-refractivity contribution in [3.63, 3.8) is 0 Å². The highest BCUT2D eigenvalue weighted by atomic mass is 127. The van der Waals surface area contributed by atoms with E-state index in [4.69, 9.17) is 9.47 Å². The summed E-state index contributed by atoms with van der Waals surface area (Å²) < 4.78 is 10.4. The molecule has 6 heteroatoms. The first-order chi connectivity index (χ1) is 12.3. The molecule has 0 fully saturated rings. The van der Waals surface area contributed by atoms with Crippen molar-refractivity contribution in [2.75, 3.05) is 38.8 Å². The number of aliphatic imine (C=N–C) groups is 1. The molecule has 5 nitrogen and oxygen atoms in total. The van der Waals surface area contributed by atoms with Crippen molar-refractivity contribution >= 4 is 35.6 Å². The maximum atomic E-state index is 5.48. The van der Waals surface area contributed by atoms with Gasteiger partial charge in [0.15, 0.2) is 5.96 Å². The Hall–Kier alpha value is -1.64. The number of hydrogen-bond donors (Lipinski definition) is 2.